The number of thioether (sulfide) groups is 1. The number of esters is 1. The van der Waals surface area contributed by atoms with E-state index in [-0.39, 0.29) is 23.5 Å². The molecule has 2 heterocycles. The molecule has 0 bridgehead atoms. The van der Waals surface area contributed by atoms with Crippen LogP contribution in [0.1, 0.15) is 25.3 Å². The molecule has 0 aliphatic carbocycles. The zero-order valence-corrected chi connectivity index (χ0v) is 16.3. The lowest BCUT2D eigenvalue weighted by Crippen LogP contribution is -2.43. The van der Waals surface area contributed by atoms with Gasteiger partial charge in [-0.05, 0) is 38.8 Å². The van der Waals surface area contributed by atoms with Crippen molar-refractivity contribution in [3.63, 3.8) is 0 Å². The highest BCUT2D eigenvalue weighted by molar-refractivity contribution is 7.99. The van der Waals surface area contributed by atoms with Gasteiger partial charge in [0.05, 0.1) is 18.3 Å². The Morgan fingerprint density at radius 3 is 2.81 bits per heavy atom. The Morgan fingerprint density at radius 2 is 2.07 bits per heavy atom. The van der Waals surface area contributed by atoms with Crippen LogP contribution in [0.5, 0.6) is 0 Å². The first-order valence-electron chi connectivity index (χ1n) is 9.04. The molecule has 7 nitrogen and oxygen atoms in total. The lowest BCUT2D eigenvalue weighted by molar-refractivity contribution is -0.151. The van der Waals surface area contributed by atoms with E-state index in [0.717, 1.165) is 24.0 Å². The molecule has 0 unspecified atom stereocenters. The molecule has 2 aromatic rings. The van der Waals surface area contributed by atoms with Crippen molar-refractivity contribution in [2.45, 2.75) is 31.9 Å². The van der Waals surface area contributed by atoms with Gasteiger partial charge in [0.2, 0.25) is 11.8 Å². The quantitative estimate of drug-likeness (QED) is 0.554. The molecule has 1 saturated heterocycles. The number of ether oxygens (including phenoxy) is 1. The third kappa shape index (κ3) is 5.09. The fraction of sp³-hybridized carbons (Fsp3) is 0.474. The third-order valence-corrected chi connectivity index (χ3v) is 5.22. The molecule has 1 aromatic heterocycles. The first kappa shape index (κ1) is 19.4. The number of rotatable bonds is 6. The number of aryl methyl sites for hydroxylation is 1. The van der Waals surface area contributed by atoms with E-state index >= 15 is 0 Å². The zero-order valence-electron chi connectivity index (χ0n) is 15.5. The van der Waals surface area contributed by atoms with Gasteiger partial charge in [-0.1, -0.05) is 29.5 Å². The minimum absolute atomic E-state index is 0.0379. The molecular weight excluding hydrogens is 366 g/mol. The van der Waals surface area contributed by atoms with E-state index in [0.29, 0.717) is 30.8 Å². The molecule has 144 valence electrons. The molecule has 1 aliphatic rings. The minimum atomic E-state index is -0.232. The van der Waals surface area contributed by atoms with Crippen molar-refractivity contribution in [1.82, 2.24) is 15.1 Å². The van der Waals surface area contributed by atoms with Crippen LogP contribution in [0.3, 0.4) is 0 Å². The topological polar surface area (TPSA) is 85.5 Å². The Morgan fingerprint density at radius 1 is 1.30 bits per heavy atom. The van der Waals surface area contributed by atoms with Crippen LogP contribution < -0.4 is 0 Å². The van der Waals surface area contributed by atoms with E-state index in [1.807, 2.05) is 31.2 Å². The minimum Gasteiger partial charge on any atom is -0.466 e. The molecule has 1 fully saturated rings. The van der Waals surface area contributed by atoms with Crippen molar-refractivity contribution in [3.8, 4) is 11.5 Å². The van der Waals surface area contributed by atoms with Crippen molar-refractivity contribution < 1.29 is 18.7 Å². The van der Waals surface area contributed by atoms with Crippen molar-refractivity contribution >= 4 is 23.6 Å². The van der Waals surface area contributed by atoms with Gasteiger partial charge in [-0.2, -0.15) is 0 Å². The normalized spacial score (nSPS) is 17.0. The Kier molecular flexibility index (Phi) is 6.49. The Balaban J connectivity index is 1.53. The lowest BCUT2D eigenvalue weighted by atomic mass is 9.98. The summed E-state index contributed by atoms with van der Waals surface area (Å²) in [6, 6.07) is 7.80. The molecule has 1 amide bonds. The van der Waals surface area contributed by atoms with Crippen LogP contribution in [0.2, 0.25) is 0 Å². The van der Waals surface area contributed by atoms with Crippen LogP contribution in [-0.4, -0.2) is 52.4 Å². The highest BCUT2D eigenvalue weighted by Gasteiger charge is 2.29. The maximum Gasteiger partial charge on any atom is 0.310 e. The molecule has 27 heavy (non-hydrogen) atoms. The summed E-state index contributed by atoms with van der Waals surface area (Å²) in [6.45, 7) is 5.23. The van der Waals surface area contributed by atoms with Gasteiger partial charge in [0, 0.05) is 18.7 Å². The van der Waals surface area contributed by atoms with Gasteiger partial charge in [0.1, 0.15) is 0 Å². The van der Waals surface area contributed by atoms with Gasteiger partial charge in [-0.15, -0.1) is 10.2 Å². The van der Waals surface area contributed by atoms with E-state index in [9.17, 15) is 9.59 Å². The van der Waals surface area contributed by atoms with Gasteiger partial charge in [0.25, 0.3) is 5.22 Å². The number of likely N-dealkylation sites (tertiary alicyclic amines) is 1. The largest absolute Gasteiger partial charge is 0.466 e. The smallest absolute Gasteiger partial charge is 0.310 e. The van der Waals surface area contributed by atoms with E-state index in [1.165, 1.54) is 11.8 Å². The van der Waals surface area contributed by atoms with Crippen LogP contribution in [0.25, 0.3) is 11.5 Å². The number of hydrogen-bond donors (Lipinski definition) is 0. The highest BCUT2D eigenvalue weighted by atomic mass is 32.2. The van der Waals surface area contributed by atoms with Crippen molar-refractivity contribution in [2.75, 3.05) is 25.4 Å². The predicted molar refractivity (Wildman–Crippen MR) is 101 cm³/mol. The van der Waals surface area contributed by atoms with Gasteiger partial charge in [-0.3, -0.25) is 9.59 Å². The van der Waals surface area contributed by atoms with Crippen molar-refractivity contribution in [2.24, 2.45) is 5.92 Å². The number of amides is 1. The number of nitrogens with zero attached hydrogens (tertiary/aromatic N) is 3. The zero-order chi connectivity index (χ0) is 19.2. The average Bonchev–Trinajstić information content (AvgIpc) is 3.16. The van der Waals surface area contributed by atoms with Gasteiger partial charge < -0.3 is 14.1 Å². The number of hydrogen-bond acceptors (Lipinski definition) is 7. The second-order valence-electron chi connectivity index (χ2n) is 6.46. The summed E-state index contributed by atoms with van der Waals surface area (Å²) in [5, 5.41) is 8.40. The summed E-state index contributed by atoms with van der Waals surface area (Å²) in [6.07, 6.45) is 1.57. The summed E-state index contributed by atoms with van der Waals surface area (Å²) >= 11 is 1.21. The van der Waals surface area contributed by atoms with Gasteiger partial charge in [-0.25, -0.2) is 0 Å². The standard InChI is InChI=1S/C19H23N3O4S/c1-3-25-18(24)15-5-4-10-22(11-15)16(23)12-27-19-21-20-17(26-19)14-8-6-13(2)7-9-14/h6-9,15H,3-5,10-12H2,1-2H3/t15-/m1/s1. The van der Waals surface area contributed by atoms with Crippen LogP contribution >= 0.6 is 11.8 Å². The molecule has 0 N–H and O–H groups in total. The summed E-state index contributed by atoms with van der Waals surface area (Å²) in [5.74, 6) is 0.145. The fourth-order valence-electron chi connectivity index (χ4n) is 2.95. The molecule has 0 saturated carbocycles. The van der Waals surface area contributed by atoms with Gasteiger partial charge in [0.15, 0.2) is 0 Å². The second-order valence-corrected chi connectivity index (χ2v) is 7.39. The SMILES string of the molecule is CCOC(=O)[C@@H]1CCCN(C(=O)CSc2nnc(-c3ccc(C)cc3)o2)C1. The number of benzene rings is 1. The van der Waals surface area contributed by atoms with E-state index in [1.54, 1.807) is 11.8 Å². The Bertz CT molecular complexity index is 791. The van der Waals surface area contributed by atoms with Crippen LogP contribution in [0, 0.1) is 12.8 Å². The lowest BCUT2D eigenvalue weighted by Gasteiger charge is -2.31. The van der Waals surface area contributed by atoms with Crippen LogP contribution in [0.15, 0.2) is 33.9 Å². The van der Waals surface area contributed by atoms with E-state index < -0.39 is 0 Å². The number of carbonyl (C=O) groups excluding carboxylic acids is 2. The first-order valence-corrected chi connectivity index (χ1v) is 10.0. The number of carbonyl (C=O) groups is 2. The predicted octanol–water partition coefficient (Wildman–Crippen LogP) is 2.94. The summed E-state index contributed by atoms with van der Waals surface area (Å²) < 4.78 is 10.7. The van der Waals surface area contributed by atoms with Gasteiger partial charge >= 0.3 is 5.97 Å². The molecule has 1 aliphatic heterocycles. The Hall–Kier alpha value is -2.35. The van der Waals surface area contributed by atoms with E-state index in [2.05, 4.69) is 10.2 Å². The fourth-order valence-corrected chi connectivity index (χ4v) is 3.62. The second kappa shape index (κ2) is 9.03. The van der Waals surface area contributed by atoms with Crippen molar-refractivity contribution in [3.05, 3.63) is 29.8 Å². The molecule has 0 spiro atoms. The molecule has 3 rings (SSSR count). The average molecular weight is 389 g/mol. The monoisotopic (exact) mass is 389 g/mol. The van der Waals surface area contributed by atoms with E-state index in [4.69, 9.17) is 9.15 Å². The number of aromatic nitrogens is 2. The molecule has 8 heteroatoms. The van der Waals surface area contributed by atoms with Crippen molar-refractivity contribution in [1.29, 1.82) is 0 Å². The third-order valence-electron chi connectivity index (χ3n) is 4.42. The number of piperidine rings is 1. The molecule has 0 radical (unpaired) electrons. The Labute approximate surface area is 162 Å². The highest BCUT2D eigenvalue weighted by Crippen LogP contribution is 2.24. The maximum atomic E-state index is 12.5. The molecular formula is C19H23N3O4S. The van der Waals surface area contributed by atoms with Crippen LogP contribution in [0.4, 0.5) is 0 Å². The van der Waals surface area contributed by atoms with Crippen LogP contribution in [-0.2, 0) is 14.3 Å². The summed E-state index contributed by atoms with van der Waals surface area (Å²) in [4.78, 5) is 26.1. The molecule has 1 aromatic carbocycles. The molecule has 1 atom stereocenters. The summed E-state index contributed by atoms with van der Waals surface area (Å²) in [7, 11) is 0. The summed E-state index contributed by atoms with van der Waals surface area (Å²) in [5.41, 5.74) is 2.00. The maximum absolute atomic E-state index is 12.5. The first-order chi connectivity index (χ1) is 13.1.